The van der Waals surface area contributed by atoms with E-state index in [0.29, 0.717) is 28.9 Å². The summed E-state index contributed by atoms with van der Waals surface area (Å²) < 4.78 is 25.3. The first-order chi connectivity index (χ1) is 14.9. The maximum absolute atomic E-state index is 13.7. The van der Waals surface area contributed by atoms with E-state index in [1.54, 1.807) is 19.4 Å². The number of fused-ring (bicyclic) bond motifs is 2. The minimum absolute atomic E-state index is 0.0528. The first-order valence-corrected chi connectivity index (χ1v) is 11.4. The number of pyridine rings is 1. The Morgan fingerprint density at radius 2 is 2.00 bits per heavy atom. The molecule has 0 aliphatic heterocycles. The molecule has 5 aliphatic carbocycles. The molecule has 7 rings (SSSR count). The Morgan fingerprint density at radius 3 is 2.71 bits per heavy atom. The third-order valence-corrected chi connectivity index (χ3v) is 8.40. The van der Waals surface area contributed by atoms with E-state index >= 15 is 0 Å². The van der Waals surface area contributed by atoms with Gasteiger partial charge in [0, 0.05) is 35.6 Å². The molecule has 0 radical (unpaired) electrons. The Morgan fingerprint density at radius 1 is 1.26 bits per heavy atom. The third kappa shape index (κ3) is 3.05. The highest BCUT2D eigenvalue weighted by molar-refractivity contribution is 5.84. The number of halogens is 1. The van der Waals surface area contributed by atoms with Crippen LogP contribution in [0.15, 0.2) is 30.5 Å². The van der Waals surface area contributed by atoms with Crippen molar-refractivity contribution >= 4 is 16.8 Å². The van der Waals surface area contributed by atoms with Crippen LogP contribution in [0.2, 0.25) is 0 Å². The van der Waals surface area contributed by atoms with E-state index in [9.17, 15) is 9.18 Å². The number of aromatic nitrogens is 1. The number of nitrogens with zero attached hydrogens (tertiary/aromatic N) is 1. The lowest BCUT2D eigenvalue weighted by molar-refractivity contribution is -0.189. The lowest BCUT2D eigenvalue weighted by atomic mass is 9.39. The summed E-state index contributed by atoms with van der Waals surface area (Å²) in [7, 11) is 1.76. The number of hydrogen-bond donors (Lipinski definition) is 1. The third-order valence-electron chi connectivity index (χ3n) is 8.40. The quantitative estimate of drug-likeness (QED) is 0.727. The van der Waals surface area contributed by atoms with Crippen LogP contribution in [-0.4, -0.2) is 36.3 Å². The standard InChI is InChI=1S/C25H29FN2O3/c1-14(23(29)28-25-10-24(11-25,12-25)13-30-2)22-17-8-16(9-18(17)22)31-21-5-6-27-20-4-3-15(26)7-19(20)21/h3-7,14,16-18,22H,8-13H2,1-2H3,(H,28,29)/t14?,16-,17-,18+,22-,24?,25?. The number of ether oxygens (including phenoxy) is 2. The fourth-order valence-electron chi connectivity index (χ4n) is 7.20. The van der Waals surface area contributed by atoms with Crippen LogP contribution < -0.4 is 10.1 Å². The molecule has 5 atom stereocenters. The maximum Gasteiger partial charge on any atom is 0.223 e. The van der Waals surface area contributed by atoms with Crippen LogP contribution in [0.5, 0.6) is 5.75 Å². The van der Waals surface area contributed by atoms with Crippen LogP contribution >= 0.6 is 0 Å². The van der Waals surface area contributed by atoms with Crippen molar-refractivity contribution in [3.8, 4) is 5.75 Å². The molecule has 1 heterocycles. The largest absolute Gasteiger partial charge is 0.490 e. The summed E-state index contributed by atoms with van der Waals surface area (Å²) in [5.41, 5.74) is 1.13. The number of carbonyl (C=O) groups excluding carboxylic acids is 1. The topological polar surface area (TPSA) is 60.5 Å². The van der Waals surface area contributed by atoms with Gasteiger partial charge in [0.05, 0.1) is 18.2 Å². The van der Waals surface area contributed by atoms with Crippen LogP contribution in [0.3, 0.4) is 0 Å². The highest BCUT2D eigenvalue weighted by atomic mass is 19.1. The average Bonchev–Trinajstić information content (AvgIpc) is 3.19. The highest BCUT2D eigenvalue weighted by Crippen LogP contribution is 2.67. The molecule has 0 saturated heterocycles. The molecule has 5 saturated carbocycles. The van der Waals surface area contributed by atoms with Gasteiger partial charge >= 0.3 is 0 Å². The van der Waals surface area contributed by atoms with Gasteiger partial charge in [-0.1, -0.05) is 6.92 Å². The smallest absolute Gasteiger partial charge is 0.223 e. The molecule has 1 N–H and O–H groups in total. The van der Waals surface area contributed by atoms with Gasteiger partial charge in [-0.15, -0.1) is 0 Å². The fourth-order valence-corrected chi connectivity index (χ4v) is 7.20. The first kappa shape index (κ1) is 19.5. The summed E-state index contributed by atoms with van der Waals surface area (Å²) in [6.07, 6.45) is 6.98. The van der Waals surface area contributed by atoms with Gasteiger partial charge in [-0.05, 0) is 74.1 Å². The zero-order chi connectivity index (χ0) is 21.4. The number of benzene rings is 1. The van der Waals surface area contributed by atoms with Gasteiger partial charge in [-0.3, -0.25) is 9.78 Å². The predicted molar refractivity (Wildman–Crippen MR) is 114 cm³/mol. The van der Waals surface area contributed by atoms with Crippen molar-refractivity contribution in [3.05, 3.63) is 36.3 Å². The molecule has 2 aromatic rings. The van der Waals surface area contributed by atoms with Gasteiger partial charge in [0.1, 0.15) is 11.6 Å². The SMILES string of the molecule is COCC12CC(NC(=O)C(C)[C@@H]3[C@@H]4C[C@@H](Oc5ccnc6ccc(F)cc56)C[C@@H]43)(C1)C2. The van der Waals surface area contributed by atoms with Crippen LogP contribution in [0.25, 0.3) is 10.9 Å². The summed E-state index contributed by atoms with van der Waals surface area (Å²) in [5.74, 6) is 2.28. The Balaban J connectivity index is 1.04. The molecule has 2 bridgehead atoms. The molecular weight excluding hydrogens is 395 g/mol. The highest BCUT2D eigenvalue weighted by Gasteiger charge is 2.69. The fraction of sp³-hybridized carbons (Fsp3) is 0.600. The van der Waals surface area contributed by atoms with Crippen LogP contribution in [0, 0.1) is 34.9 Å². The number of hydrogen-bond acceptors (Lipinski definition) is 4. The van der Waals surface area contributed by atoms with Crippen LogP contribution in [0.4, 0.5) is 4.39 Å². The molecule has 164 valence electrons. The lowest BCUT2D eigenvalue weighted by Gasteiger charge is -2.70. The molecule has 1 unspecified atom stereocenters. The molecule has 1 aromatic carbocycles. The number of methoxy groups -OCH3 is 1. The number of nitrogens with one attached hydrogen (secondary N) is 1. The van der Waals surface area contributed by atoms with Gasteiger partial charge in [-0.2, -0.15) is 0 Å². The number of amides is 1. The van der Waals surface area contributed by atoms with Gasteiger partial charge in [0.15, 0.2) is 0 Å². The van der Waals surface area contributed by atoms with E-state index in [4.69, 9.17) is 9.47 Å². The summed E-state index contributed by atoms with van der Waals surface area (Å²) in [6.45, 7) is 2.90. The van der Waals surface area contributed by atoms with E-state index in [1.165, 1.54) is 12.1 Å². The molecule has 5 fully saturated rings. The Kier molecular flexibility index (Phi) is 4.17. The minimum Gasteiger partial charge on any atom is -0.490 e. The Labute approximate surface area is 181 Å². The molecule has 5 nitrogen and oxygen atoms in total. The zero-order valence-corrected chi connectivity index (χ0v) is 18.1. The summed E-state index contributed by atoms with van der Waals surface area (Å²) in [5, 5.41) is 4.08. The van der Waals surface area contributed by atoms with Crippen molar-refractivity contribution in [1.29, 1.82) is 0 Å². The molecular formula is C25H29FN2O3. The van der Waals surface area contributed by atoms with Gasteiger partial charge in [0.25, 0.3) is 0 Å². The summed E-state index contributed by atoms with van der Waals surface area (Å²) >= 11 is 0. The van der Waals surface area contributed by atoms with E-state index in [2.05, 4.69) is 17.2 Å². The van der Waals surface area contributed by atoms with E-state index in [-0.39, 0.29) is 29.3 Å². The predicted octanol–water partition coefficient (Wildman–Crippen LogP) is 4.10. The van der Waals surface area contributed by atoms with Crippen LogP contribution in [0.1, 0.15) is 39.0 Å². The van der Waals surface area contributed by atoms with Crippen molar-refractivity contribution < 1.29 is 18.7 Å². The molecule has 0 spiro atoms. The summed E-state index contributed by atoms with van der Waals surface area (Å²) in [4.78, 5) is 17.2. The average molecular weight is 425 g/mol. The second-order valence-electron chi connectivity index (χ2n) is 10.6. The number of carbonyl (C=O) groups is 1. The van der Waals surface area contributed by atoms with Gasteiger partial charge in [-0.25, -0.2) is 4.39 Å². The van der Waals surface area contributed by atoms with Gasteiger partial charge < -0.3 is 14.8 Å². The number of rotatable bonds is 7. The van der Waals surface area contributed by atoms with Gasteiger partial charge in [0.2, 0.25) is 5.91 Å². The van der Waals surface area contributed by atoms with E-state index in [1.807, 2.05) is 6.07 Å². The maximum atomic E-state index is 13.7. The van der Waals surface area contributed by atoms with Crippen molar-refractivity contribution in [1.82, 2.24) is 10.3 Å². The van der Waals surface area contributed by atoms with E-state index in [0.717, 1.165) is 49.6 Å². The second kappa shape index (κ2) is 6.64. The molecule has 1 amide bonds. The molecule has 5 aliphatic rings. The van der Waals surface area contributed by atoms with E-state index < -0.39 is 0 Å². The molecule has 1 aromatic heterocycles. The lowest BCUT2D eigenvalue weighted by Crippen LogP contribution is -2.76. The molecule has 6 heteroatoms. The van der Waals surface area contributed by atoms with Crippen molar-refractivity contribution in [2.75, 3.05) is 13.7 Å². The Bertz CT molecular complexity index is 1020. The second-order valence-corrected chi connectivity index (χ2v) is 10.6. The first-order valence-electron chi connectivity index (χ1n) is 11.4. The van der Waals surface area contributed by atoms with Crippen molar-refractivity contribution in [3.63, 3.8) is 0 Å². The minimum atomic E-state index is -0.281. The summed E-state index contributed by atoms with van der Waals surface area (Å²) in [6, 6.07) is 6.41. The van der Waals surface area contributed by atoms with Crippen molar-refractivity contribution in [2.45, 2.75) is 50.7 Å². The van der Waals surface area contributed by atoms with Crippen LogP contribution in [-0.2, 0) is 9.53 Å². The Hall–Kier alpha value is -2.21. The molecule has 31 heavy (non-hydrogen) atoms. The monoisotopic (exact) mass is 424 g/mol. The zero-order valence-electron chi connectivity index (χ0n) is 18.1. The normalized spacial score (nSPS) is 38.0. The van der Waals surface area contributed by atoms with Crippen molar-refractivity contribution in [2.24, 2.45) is 29.1 Å².